The molecule has 0 fully saturated rings. The molecule has 4 rings (SSSR count). The fraction of sp³-hybridized carbons (Fsp3) is 0.296. The number of thiophene rings is 1. The first-order chi connectivity index (χ1) is 17.1. The van der Waals surface area contributed by atoms with Gasteiger partial charge >= 0.3 is 0 Å². The highest BCUT2D eigenvalue weighted by atomic mass is 32.2. The van der Waals surface area contributed by atoms with Gasteiger partial charge in [0.05, 0.1) is 11.3 Å². The summed E-state index contributed by atoms with van der Waals surface area (Å²) < 4.78 is 0. The zero-order valence-corrected chi connectivity index (χ0v) is 21.3. The molecule has 0 spiro atoms. The molecule has 6 nitrogen and oxygen atoms in total. The SMILES string of the molecule is CCCC(=O)Nc1cccc(SCC(=O)Nc2sc3c(c2C#N)CCN(Cc2ccccc2)C3)c1. The third-order valence-electron chi connectivity index (χ3n) is 5.71. The maximum absolute atomic E-state index is 12.7. The quantitative estimate of drug-likeness (QED) is 0.368. The Morgan fingerprint density at radius 1 is 1.11 bits per heavy atom. The minimum Gasteiger partial charge on any atom is -0.326 e. The van der Waals surface area contributed by atoms with Gasteiger partial charge in [-0.25, -0.2) is 0 Å². The van der Waals surface area contributed by atoms with Gasteiger partial charge in [0, 0.05) is 41.5 Å². The molecule has 2 amide bonds. The van der Waals surface area contributed by atoms with E-state index in [1.54, 1.807) is 0 Å². The lowest BCUT2D eigenvalue weighted by atomic mass is 10.0. The van der Waals surface area contributed by atoms with Crippen LogP contribution in [0, 0.1) is 11.3 Å². The van der Waals surface area contributed by atoms with Crippen molar-refractivity contribution >= 4 is 45.6 Å². The summed E-state index contributed by atoms with van der Waals surface area (Å²) in [4.78, 5) is 29.0. The normalized spacial score (nSPS) is 13.0. The number of amides is 2. The zero-order chi connectivity index (χ0) is 24.6. The smallest absolute Gasteiger partial charge is 0.235 e. The molecule has 0 aliphatic carbocycles. The molecule has 3 aromatic rings. The van der Waals surface area contributed by atoms with Gasteiger partial charge in [0.1, 0.15) is 11.1 Å². The van der Waals surface area contributed by atoms with Crippen LogP contribution in [0.4, 0.5) is 10.7 Å². The number of benzene rings is 2. The lowest BCUT2D eigenvalue weighted by Crippen LogP contribution is -2.29. The van der Waals surface area contributed by atoms with Crippen LogP contribution in [0.5, 0.6) is 0 Å². The van der Waals surface area contributed by atoms with E-state index >= 15 is 0 Å². The third-order valence-corrected chi connectivity index (χ3v) is 7.84. The Labute approximate surface area is 214 Å². The van der Waals surface area contributed by atoms with Gasteiger partial charge in [-0.05, 0) is 42.2 Å². The molecule has 0 atom stereocenters. The van der Waals surface area contributed by atoms with E-state index in [1.165, 1.54) is 28.7 Å². The van der Waals surface area contributed by atoms with Gasteiger partial charge in [0.15, 0.2) is 0 Å². The summed E-state index contributed by atoms with van der Waals surface area (Å²) in [5, 5.41) is 16.3. The summed E-state index contributed by atoms with van der Waals surface area (Å²) >= 11 is 2.91. The lowest BCUT2D eigenvalue weighted by Gasteiger charge is -2.26. The molecular formula is C27H28N4O2S2. The minimum absolute atomic E-state index is 0.0135. The van der Waals surface area contributed by atoms with Crippen molar-refractivity contribution < 1.29 is 9.59 Å². The highest BCUT2D eigenvalue weighted by molar-refractivity contribution is 8.00. The van der Waals surface area contributed by atoms with Crippen molar-refractivity contribution in [2.75, 3.05) is 22.9 Å². The average molecular weight is 505 g/mol. The molecule has 0 saturated heterocycles. The molecule has 1 aliphatic heterocycles. The van der Waals surface area contributed by atoms with Crippen molar-refractivity contribution in [3.8, 4) is 6.07 Å². The van der Waals surface area contributed by atoms with E-state index in [0.29, 0.717) is 17.0 Å². The summed E-state index contributed by atoms with van der Waals surface area (Å²) in [6, 6.07) is 20.2. The summed E-state index contributed by atoms with van der Waals surface area (Å²) in [6.45, 7) is 4.51. The number of rotatable bonds is 9. The van der Waals surface area contributed by atoms with Crippen LogP contribution < -0.4 is 10.6 Å². The van der Waals surface area contributed by atoms with Crippen LogP contribution in [0.3, 0.4) is 0 Å². The summed E-state index contributed by atoms with van der Waals surface area (Å²) in [5.74, 6) is 0.0620. The standard InChI is InChI=1S/C27H28N4O2S2/c1-2-7-25(32)29-20-10-6-11-21(14-20)34-18-26(33)30-27-23(15-28)22-12-13-31(17-24(22)35-27)16-19-8-4-3-5-9-19/h3-6,8-11,14H,2,7,12-13,16-18H2,1H3,(H,29,32)(H,30,33). The van der Waals surface area contributed by atoms with Gasteiger partial charge < -0.3 is 10.6 Å². The van der Waals surface area contributed by atoms with E-state index in [4.69, 9.17) is 0 Å². The number of nitrogens with one attached hydrogen (secondary N) is 2. The first-order valence-corrected chi connectivity index (χ1v) is 13.5. The van der Waals surface area contributed by atoms with E-state index in [9.17, 15) is 14.9 Å². The Hall–Kier alpha value is -3.12. The van der Waals surface area contributed by atoms with Crippen molar-refractivity contribution in [3.63, 3.8) is 0 Å². The van der Waals surface area contributed by atoms with Crippen molar-refractivity contribution in [1.29, 1.82) is 5.26 Å². The number of carbonyl (C=O) groups excluding carboxylic acids is 2. The molecule has 2 N–H and O–H groups in total. The van der Waals surface area contributed by atoms with E-state index in [-0.39, 0.29) is 17.6 Å². The molecule has 35 heavy (non-hydrogen) atoms. The Balaban J connectivity index is 1.35. The molecule has 0 unspecified atom stereocenters. The Bertz CT molecular complexity index is 1230. The van der Waals surface area contributed by atoms with Crippen LogP contribution in [0.15, 0.2) is 59.5 Å². The van der Waals surface area contributed by atoms with Crippen molar-refractivity contribution in [3.05, 3.63) is 76.2 Å². The maximum atomic E-state index is 12.7. The summed E-state index contributed by atoms with van der Waals surface area (Å²) in [6.07, 6.45) is 2.08. The zero-order valence-electron chi connectivity index (χ0n) is 19.7. The Morgan fingerprint density at radius 2 is 1.94 bits per heavy atom. The molecule has 0 bridgehead atoms. The number of anilines is 2. The number of thioether (sulfide) groups is 1. The van der Waals surface area contributed by atoms with Crippen LogP contribution in [0.1, 0.15) is 41.3 Å². The van der Waals surface area contributed by atoms with Crippen LogP contribution in [-0.4, -0.2) is 29.0 Å². The number of carbonyl (C=O) groups is 2. The predicted octanol–water partition coefficient (Wildman–Crippen LogP) is 5.65. The van der Waals surface area contributed by atoms with Crippen LogP contribution in [-0.2, 0) is 29.1 Å². The first kappa shape index (κ1) is 25.0. The Kier molecular flexibility index (Phi) is 8.59. The molecule has 0 radical (unpaired) electrons. The van der Waals surface area contributed by atoms with E-state index < -0.39 is 0 Å². The second-order valence-electron chi connectivity index (χ2n) is 8.43. The van der Waals surface area contributed by atoms with Crippen molar-refractivity contribution in [1.82, 2.24) is 4.90 Å². The van der Waals surface area contributed by atoms with E-state index in [0.717, 1.165) is 53.5 Å². The fourth-order valence-electron chi connectivity index (χ4n) is 4.07. The molecule has 1 aromatic heterocycles. The van der Waals surface area contributed by atoms with Crippen LogP contribution in [0.2, 0.25) is 0 Å². The van der Waals surface area contributed by atoms with Gasteiger partial charge in [0.2, 0.25) is 11.8 Å². The average Bonchev–Trinajstić information content (AvgIpc) is 3.19. The van der Waals surface area contributed by atoms with E-state index in [2.05, 4.69) is 33.7 Å². The predicted molar refractivity (Wildman–Crippen MR) is 143 cm³/mol. The van der Waals surface area contributed by atoms with Gasteiger partial charge in [-0.1, -0.05) is 43.3 Å². The van der Waals surface area contributed by atoms with Crippen LogP contribution >= 0.6 is 23.1 Å². The highest BCUT2D eigenvalue weighted by Gasteiger charge is 2.25. The fourth-order valence-corrected chi connectivity index (χ4v) is 6.08. The van der Waals surface area contributed by atoms with Gasteiger partial charge in [-0.3, -0.25) is 14.5 Å². The summed E-state index contributed by atoms with van der Waals surface area (Å²) in [7, 11) is 0. The van der Waals surface area contributed by atoms with Gasteiger partial charge in [-0.2, -0.15) is 5.26 Å². The van der Waals surface area contributed by atoms with Gasteiger partial charge in [0.25, 0.3) is 0 Å². The number of hydrogen-bond donors (Lipinski definition) is 2. The number of fused-ring (bicyclic) bond motifs is 1. The van der Waals surface area contributed by atoms with Crippen molar-refractivity contribution in [2.24, 2.45) is 0 Å². The monoisotopic (exact) mass is 504 g/mol. The lowest BCUT2D eigenvalue weighted by molar-refractivity contribution is -0.116. The molecule has 180 valence electrons. The molecular weight excluding hydrogens is 476 g/mol. The molecule has 8 heteroatoms. The largest absolute Gasteiger partial charge is 0.326 e. The number of hydrogen-bond acceptors (Lipinski definition) is 6. The maximum Gasteiger partial charge on any atom is 0.235 e. The molecule has 2 heterocycles. The first-order valence-electron chi connectivity index (χ1n) is 11.7. The molecule has 2 aromatic carbocycles. The van der Waals surface area contributed by atoms with E-state index in [1.807, 2.05) is 49.4 Å². The second kappa shape index (κ2) is 12.0. The van der Waals surface area contributed by atoms with Gasteiger partial charge in [-0.15, -0.1) is 23.1 Å². The molecule has 1 aliphatic rings. The highest BCUT2D eigenvalue weighted by Crippen LogP contribution is 2.37. The minimum atomic E-state index is -0.147. The number of nitrogens with zero attached hydrogens (tertiary/aromatic N) is 2. The topological polar surface area (TPSA) is 85.2 Å². The third kappa shape index (κ3) is 6.73. The number of nitriles is 1. The van der Waals surface area contributed by atoms with Crippen molar-refractivity contribution in [2.45, 2.75) is 44.2 Å². The molecule has 0 saturated carbocycles. The van der Waals surface area contributed by atoms with Crippen LogP contribution in [0.25, 0.3) is 0 Å². The Morgan fingerprint density at radius 3 is 2.71 bits per heavy atom. The second-order valence-corrected chi connectivity index (χ2v) is 10.6. The summed E-state index contributed by atoms with van der Waals surface area (Å²) in [5.41, 5.74) is 3.67.